The van der Waals surface area contributed by atoms with Crippen molar-refractivity contribution in [1.29, 1.82) is 0 Å². The van der Waals surface area contributed by atoms with Gasteiger partial charge in [-0.05, 0) is 68.1 Å². The molecule has 0 radical (unpaired) electrons. The number of carbonyl (C=O) groups excluding carboxylic acids is 1. The van der Waals surface area contributed by atoms with E-state index in [0.717, 1.165) is 30.2 Å². The van der Waals surface area contributed by atoms with E-state index in [0.29, 0.717) is 65.3 Å². The molecular formula is C26H28FN7O3. The number of methoxy groups -OCH3 is 1. The van der Waals surface area contributed by atoms with Gasteiger partial charge in [0.2, 0.25) is 5.82 Å². The minimum atomic E-state index is -0.467. The van der Waals surface area contributed by atoms with Crippen molar-refractivity contribution in [2.24, 2.45) is 29.6 Å². The summed E-state index contributed by atoms with van der Waals surface area (Å²) in [6.07, 6.45) is 4.49. The number of esters is 1. The van der Waals surface area contributed by atoms with Crippen LogP contribution in [0, 0.1) is 35.4 Å². The fraction of sp³-hybridized carbons (Fsp3) is 0.500. The van der Waals surface area contributed by atoms with Gasteiger partial charge in [-0.3, -0.25) is 9.89 Å². The highest BCUT2D eigenvalue weighted by atomic mass is 19.1. The van der Waals surface area contributed by atoms with Crippen molar-refractivity contribution in [2.45, 2.75) is 38.8 Å². The number of nitrogens with zero attached hydrogens (tertiary/aromatic N) is 5. The maximum absolute atomic E-state index is 14.1. The lowest BCUT2D eigenvalue weighted by molar-refractivity contribution is -0.155. The molecule has 192 valence electrons. The highest BCUT2D eigenvalue weighted by Gasteiger charge is 2.63. The summed E-state index contributed by atoms with van der Waals surface area (Å²) < 4.78 is 26.8. The largest absolute Gasteiger partial charge is 0.466 e. The number of hydrogen-bond acceptors (Lipinski definition) is 8. The molecule has 0 amide bonds. The molecule has 4 heterocycles. The predicted octanol–water partition coefficient (Wildman–Crippen LogP) is 3.59. The lowest BCUT2D eigenvalue weighted by Gasteiger charge is -2.47. The number of aromatic amines is 1. The normalized spacial score (nSPS) is 28.0. The summed E-state index contributed by atoms with van der Waals surface area (Å²) in [5.41, 5.74) is 2.46. The molecule has 4 saturated carbocycles. The second-order valence-corrected chi connectivity index (χ2v) is 10.4. The van der Waals surface area contributed by atoms with Gasteiger partial charge in [0.25, 0.3) is 0 Å². The average Bonchev–Trinajstić information content (AvgIpc) is 3.48. The van der Waals surface area contributed by atoms with Gasteiger partial charge in [-0.15, -0.1) is 5.10 Å². The molecule has 2 unspecified atom stereocenters. The number of fused-ring (bicyclic) bond motifs is 4. The third kappa shape index (κ3) is 3.51. The number of hydrogen-bond donors (Lipinski definition) is 2. The molecule has 4 aliphatic rings. The van der Waals surface area contributed by atoms with E-state index in [-0.39, 0.29) is 17.9 Å². The zero-order valence-electron chi connectivity index (χ0n) is 20.6. The monoisotopic (exact) mass is 505 g/mol. The lowest BCUT2D eigenvalue weighted by atomic mass is 9.61. The number of ether oxygens (including phenoxy) is 2. The van der Waals surface area contributed by atoms with Crippen LogP contribution >= 0.6 is 0 Å². The van der Waals surface area contributed by atoms with E-state index in [1.54, 1.807) is 11.6 Å². The van der Waals surface area contributed by atoms with E-state index in [4.69, 9.17) is 19.6 Å². The van der Waals surface area contributed by atoms with Crippen molar-refractivity contribution in [1.82, 2.24) is 29.8 Å². The summed E-state index contributed by atoms with van der Waals surface area (Å²) in [5, 5.41) is 16.1. The SMILES string of the molecule is CCOC(=O)[C@H]1[C@H](Nc2nc(-c3n[nH]c4ncc(F)cc34)nn3c(COC)ccc23)[C@@H]2CC[C@H]1C1CC12. The van der Waals surface area contributed by atoms with Crippen molar-refractivity contribution < 1.29 is 18.7 Å². The molecule has 11 heteroatoms. The van der Waals surface area contributed by atoms with E-state index in [9.17, 15) is 9.18 Å². The molecule has 2 N–H and O–H groups in total. The highest BCUT2D eigenvalue weighted by Crippen LogP contribution is 2.64. The van der Waals surface area contributed by atoms with Crippen LogP contribution in [0.3, 0.4) is 0 Å². The van der Waals surface area contributed by atoms with Crippen LogP contribution in [0.5, 0.6) is 0 Å². The smallest absolute Gasteiger partial charge is 0.311 e. The number of H-pyrrole nitrogens is 1. The van der Waals surface area contributed by atoms with Crippen molar-refractivity contribution in [2.75, 3.05) is 19.0 Å². The fourth-order valence-corrected chi connectivity index (χ4v) is 6.93. The van der Waals surface area contributed by atoms with Gasteiger partial charge in [0.15, 0.2) is 11.5 Å². The Kier molecular flexibility index (Phi) is 5.17. The third-order valence-electron chi connectivity index (χ3n) is 8.47. The van der Waals surface area contributed by atoms with Gasteiger partial charge in [-0.1, -0.05) is 0 Å². The van der Waals surface area contributed by atoms with Gasteiger partial charge in [-0.25, -0.2) is 18.9 Å². The van der Waals surface area contributed by atoms with Crippen LogP contribution in [0.1, 0.15) is 31.9 Å². The van der Waals surface area contributed by atoms with E-state index < -0.39 is 5.82 Å². The number of nitrogens with one attached hydrogen (secondary N) is 2. The van der Waals surface area contributed by atoms with Crippen molar-refractivity contribution >= 4 is 28.3 Å². The van der Waals surface area contributed by atoms with E-state index in [2.05, 4.69) is 20.5 Å². The molecule has 0 spiro atoms. The molecule has 4 aromatic rings. The molecule has 6 atom stereocenters. The Morgan fingerprint density at radius 2 is 2.08 bits per heavy atom. The van der Waals surface area contributed by atoms with E-state index >= 15 is 0 Å². The summed E-state index contributed by atoms with van der Waals surface area (Å²) in [5.74, 6) is 2.14. The first-order chi connectivity index (χ1) is 18.1. The van der Waals surface area contributed by atoms with Crippen molar-refractivity contribution in [3.8, 4) is 11.5 Å². The van der Waals surface area contributed by atoms with Gasteiger partial charge in [0, 0.05) is 13.2 Å². The number of rotatable bonds is 7. The second-order valence-electron chi connectivity index (χ2n) is 10.4. The number of halogens is 1. The molecule has 0 aromatic carbocycles. The molecule has 0 aliphatic heterocycles. The zero-order valence-corrected chi connectivity index (χ0v) is 20.6. The first-order valence-electron chi connectivity index (χ1n) is 12.9. The number of pyridine rings is 1. The average molecular weight is 506 g/mol. The van der Waals surface area contributed by atoms with Crippen LogP contribution in [0.15, 0.2) is 24.4 Å². The van der Waals surface area contributed by atoms with Gasteiger partial charge < -0.3 is 14.8 Å². The molecule has 10 nitrogen and oxygen atoms in total. The Morgan fingerprint density at radius 1 is 1.24 bits per heavy atom. The van der Waals surface area contributed by atoms with E-state index in [1.807, 2.05) is 19.1 Å². The summed E-state index contributed by atoms with van der Waals surface area (Å²) in [4.78, 5) is 22.1. The van der Waals surface area contributed by atoms with E-state index in [1.165, 1.54) is 12.5 Å². The first-order valence-corrected chi connectivity index (χ1v) is 12.9. The van der Waals surface area contributed by atoms with Crippen LogP contribution in [0.4, 0.5) is 10.2 Å². The van der Waals surface area contributed by atoms with Crippen LogP contribution in [0.25, 0.3) is 28.1 Å². The summed E-state index contributed by atoms with van der Waals surface area (Å²) >= 11 is 0. The molecule has 4 fully saturated rings. The molecule has 2 bridgehead atoms. The Hall–Kier alpha value is -3.60. The highest BCUT2D eigenvalue weighted by molar-refractivity contribution is 5.89. The number of aromatic nitrogens is 6. The Labute approximate surface area is 212 Å². The Morgan fingerprint density at radius 3 is 2.92 bits per heavy atom. The fourth-order valence-electron chi connectivity index (χ4n) is 6.93. The van der Waals surface area contributed by atoms with Crippen LogP contribution in [0.2, 0.25) is 0 Å². The number of carbonyl (C=O) groups is 1. The number of anilines is 1. The molecule has 4 aliphatic carbocycles. The standard InChI is InChI=1S/C26H28FN7O3/c1-3-37-26(35)20-14-5-6-15(17-9-16(14)17)21(20)29-24-19-7-4-13(11-36-2)34(19)33-25(30-24)22-18-8-12(27)10-28-23(18)32-31-22/h4,7-8,10,14-17,20-21H,3,5-6,9,11H2,1-2H3,(H,28,31,32)(H,29,30,33)/t14-,15+,16?,17?,20+,21+/m0/s1. The van der Waals surface area contributed by atoms with Gasteiger partial charge in [0.1, 0.15) is 17.0 Å². The minimum Gasteiger partial charge on any atom is -0.466 e. The first kappa shape index (κ1) is 22.6. The maximum Gasteiger partial charge on any atom is 0.311 e. The quantitative estimate of drug-likeness (QED) is 0.366. The minimum absolute atomic E-state index is 0.0797. The summed E-state index contributed by atoms with van der Waals surface area (Å²) in [6, 6.07) is 5.19. The van der Waals surface area contributed by atoms with Crippen LogP contribution < -0.4 is 5.32 Å². The Balaban J connectivity index is 1.35. The van der Waals surface area contributed by atoms with Gasteiger partial charge in [0.05, 0.1) is 36.4 Å². The topological polar surface area (TPSA) is 119 Å². The summed E-state index contributed by atoms with van der Waals surface area (Å²) in [7, 11) is 1.63. The lowest BCUT2D eigenvalue weighted by Crippen LogP contribution is -2.53. The third-order valence-corrected chi connectivity index (χ3v) is 8.47. The van der Waals surface area contributed by atoms with Gasteiger partial charge >= 0.3 is 5.97 Å². The summed E-state index contributed by atoms with van der Waals surface area (Å²) in [6.45, 7) is 2.57. The van der Waals surface area contributed by atoms with Crippen LogP contribution in [-0.2, 0) is 20.9 Å². The predicted molar refractivity (Wildman–Crippen MR) is 132 cm³/mol. The maximum atomic E-state index is 14.1. The van der Waals surface area contributed by atoms with Crippen molar-refractivity contribution in [3.05, 3.63) is 35.9 Å². The zero-order chi connectivity index (χ0) is 25.3. The molecule has 37 heavy (non-hydrogen) atoms. The second kappa shape index (κ2) is 8.47. The Bertz CT molecular complexity index is 1520. The molecule has 0 saturated heterocycles. The molecule has 4 aromatic heterocycles. The van der Waals surface area contributed by atoms with Crippen molar-refractivity contribution in [3.63, 3.8) is 0 Å². The van der Waals surface area contributed by atoms with Crippen LogP contribution in [-0.4, -0.2) is 55.5 Å². The van der Waals surface area contributed by atoms with Gasteiger partial charge in [-0.2, -0.15) is 5.10 Å². The molecule has 8 rings (SSSR count). The molecular weight excluding hydrogens is 477 g/mol.